The van der Waals surface area contributed by atoms with Gasteiger partial charge in [-0.15, -0.1) is 0 Å². The van der Waals surface area contributed by atoms with Gasteiger partial charge in [-0.25, -0.2) is 0 Å². The molecule has 0 bridgehead atoms. The Labute approximate surface area is 96.4 Å². The lowest BCUT2D eigenvalue weighted by Crippen LogP contribution is -2.53. The van der Waals surface area contributed by atoms with Crippen LogP contribution in [0.4, 0.5) is 5.69 Å². The third-order valence-electron chi connectivity index (χ3n) is 3.03. The Morgan fingerprint density at radius 1 is 1.56 bits per heavy atom. The summed E-state index contributed by atoms with van der Waals surface area (Å²) in [5, 5.41) is 0. The summed E-state index contributed by atoms with van der Waals surface area (Å²) in [5.41, 5.74) is 8.05. The van der Waals surface area contributed by atoms with E-state index < -0.39 is 0 Å². The molecule has 1 saturated heterocycles. The Hall–Kier alpha value is -1.13. The number of nitrogens with zero attached hydrogens (tertiary/aromatic N) is 2. The highest BCUT2D eigenvalue weighted by Crippen LogP contribution is 2.28. The third-order valence-corrected chi connectivity index (χ3v) is 3.03. The van der Waals surface area contributed by atoms with E-state index in [0.29, 0.717) is 6.54 Å². The van der Waals surface area contributed by atoms with Crippen molar-refractivity contribution in [2.24, 2.45) is 5.73 Å². The van der Waals surface area contributed by atoms with Gasteiger partial charge in [-0.3, -0.25) is 4.98 Å². The number of ether oxygens (including phenoxy) is 1. The second-order valence-electron chi connectivity index (χ2n) is 4.73. The number of nitrogens with two attached hydrogens (primary N) is 1. The Morgan fingerprint density at radius 2 is 2.38 bits per heavy atom. The SMILES string of the molecule is CC1(C)COCCN1c1ccncc1CN. The second-order valence-corrected chi connectivity index (χ2v) is 4.73. The first-order chi connectivity index (χ1) is 7.65. The van der Waals surface area contributed by atoms with Crippen LogP contribution in [0.15, 0.2) is 18.5 Å². The van der Waals surface area contributed by atoms with Crippen molar-refractivity contribution in [1.82, 2.24) is 4.98 Å². The third kappa shape index (κ3) is 2.03. The lowest BCUT2D eigenvalue weighted by Gasteiger charge is -2.44. The Morgan fingerprint density at radius 3 is 3.06 bits per heavy atom. The molecule has 16 heavy (non-hydrogen) atoms. The molecule has 1 fully saturated rings. The first-order valence-electron chi connectivity index (χ1n) is 5.63. The maximum Gasteiger partial charge on any atom is 0.0694 e. The molecule has 2 N–H and O–H groups in total. The highest BCUT2D eigenvalue weighted by atomic mass is 16.5. The summed E-state index contributed by atoms with van der Waals surface area (Å²) in [4.78, 5) is 6.48. The smallest absolute Gasteiger partial charge is 0.0694 e. The fourth-order valence-corrected chi connectivity index (χ4v) is 2.15. The highest BCUT2D eigenvalue weighted by Gasteiger charge is 2.31. The van der Waals surface area contributed by atoms with Crippen LogP contribution in [-0.4, -0.2) is 30.3 Å². The molecule has 1 aliphatic rings. The molecule has 0 aromatic carbocycles. The molecular formula is C12H19N3O. The number of pyridine rings is 1. The van der Waals surface area contributed by atoms with Crippen LogP contribution in [0.25, 0.3) is 0 Å². The lowest BCUT2D eigenvalue weighted by molar-refractivity contribution is 0.0643. The molecule has 88 valence electrons. The molecule has 0 radical (unpaired) electrons. The van der Waals surface area contributed by atoms with E-state index in [1.54, 1.807) is 0 Å². The minimum atomic E-state index is 0.0174. The van der Waals surface area contributed by atoms with E-state index in [4.69, 9.17) is 10.5 Å². The minimum absolute atomic E-state index is 0.0174. The second kappa shape index (κ2) is 4.39. The molecule has 0 amide bonds. The molecule has 1 aromatic heterocycles. The van der Waals surface area contributed by atoms with Crippen LogP contribution in [0.3, 0.4) is 0 Å². The van der Waals surface area contributed by atoms with Crippen LogP contribution in [0.1, 0.15) is 19.4 Å². The molecule has 0 unspecified atom stereocenters. The normalized spacial score (nSPS) is 19.8. The average Bonchev–Trinajstić information content (AvgIpc) is 2.28. The molecule has 1 aliphatic heterocycles. The molecule has 0 spiro atoms. The average molecular weight is 221 g/mol. The summed E-state index contributed by atoms with van der Waals surface area (Å²) >= 11 is 0. The molecule has 4 nitrogen and oxygen atoms in total. The summed E-state index contributed by atoms with van der Waals surface area (Å²) < 4.78 is 5.52. The van der Waals surface area contributed by atoms with E-state index in [9.17, 15) is 0 Å². The summed E-state index contributed by atoms with van der Waals surface area (Å²) in [6, 6.07) is 2.04. The molecule has 0 aliphatic carbocycles. The zero-order valence-electron chi connectivity index (χ0n) is 9.94. The van der Waals surface area contributed by atoms with Crippen molar-refractivity contribution in [3.05, 3.63) is 24.0 Å². The van der Waals surface area contributed by atoms with Gasteiger partial charge in [-0.05, 0) is 19.9 Å². The summed E-state index contributed by atoms with van der Waals surface area (Å²) in [6.45, 7) is 7.33. The zero-order valence-corrected chi connectivity index (χ0v) is 9.94. The number of aromatic nitrogens is 1. The molecular weight excluding hydrogens is 202 g/mol. The van der Waals surface area contributed by atoms with Crippen LogP contribution < -0.4 is 10.6 Å². The van der Waals surface area contributed by atoms with E-state index in [1.807, 2.05) is 18.5 Å². The monoisotopic (exact) mass is 221 g/mol. The van der Waals surface area contributed by atoms with Gasteiger partial charge in [0.15, 0.2) is 0 Å². The topological polar surface area (TPSA) is 51.4 Å². The summed E-state index contributed by atoms with van der Waals surface area (Å²) in [6.07, 6.45) is 3.67. The first-order valence-corrected chi connectivity index (χ1v) is 5.63. The van der Waals surface area contributed by atoms with Crippen LogP contribution >= 0.6 is 0 Å². The van der Waals surface area contributed by atoms with E-state index in [2.05, 4.69) is 23.7 Å². The van der Waals surface area contributed by atoms with Crippen molar-refractivity contribution in [2.75, 3.05) is 24.7 Å². The lowest BCUT2D eigenvalue weighted by atomic mass is 10.0. The van der Waals surface area contributed by atoms with E-state index in [1.165, 1.54) is 5.69 Å². The van der Waals surface area contributed by atoms with E-state index in [-0.39, 0.29) is 5.54 Å². The highest BCUT2D eigenvalue weighted by molar-refractivity contribution is 5.54. The van der Waals surface area contributed by atoms with Crippen LogP contribution in [-0.2, 0) is 11.3 Å². The number of hydrogen-bond donors (Lipinski definition) is 1. The maximum atomic E-state index is 5.75. The molecule has 1 aromatic rings. The number of anilines is 1. The van der Waals surface area contributed by atoms with Gasteiger partial charge in [-0.2, -0.15) is 0 Å². The van der Waals surface area contributed by atoms with Gasteiger partial charge in [-0.1, -0.05) is 0 Å². The molecule has 0 saturated carbocycles. The largest absolute Gasteiger partial charge is 0.377 e. The van der Waals surface area contributed by atoms with Gasteiger partial charge in [0.05, 0.1) is 18.8 Å². The van der Waals surface area contributed by atoms with Crippen molar-refractivity contribution in [3.8, 4) is 0 Å². The fourth-order valence-electron chi connectivity index (χ4n) is 2.15. The summed E-state index contributed by atoms with van der Waals surface area (Å²) in [7, 11) is 0. The minimum Gasteiger partial charge on any atom is -0.377 e. The fraction of sp³-hybridized carbons (Fsp3) is 0.583. The number of morpholine rings is 1. The Balaban J connectivity index is 2.34. The predicted octanol–water partition coefficient (Wildman–Crippen LogP) is 1.16. The van der Waals surface area contributed by atoms with Crippen molar-refractivity contribution in [2.45, 2.75) is 25.9 Å². The van der Waals surface area contributed by atoms with Crippen LogP contribution in [0.5, 0.6) is 0 Å². The maximum absolute atomic E-state index is 5.75. The van der Waals surface area contributed by atoms with Gasteiger partial charge in [0.2, 0.25) is 0 Å². The predicted molar refractivity (Wildman–Crippen MR) is 64.4 cm³/mol. The van der Waals surface area contributed by atoms with Crippen molar-refractivity contribution < 1.29 is 4.74 Å². The Bertz CT molecular complexity index is 365. The van der Waals surface area contributed by atoms with Crippen LogP contribution in [0.2, 0.25) is 0 Å². The van der Waals surface area contributed by atoms with Gasteiger partial charge in [0, 0.05) is 36.7 Å². The van der Waals surface area contributed by atoms with Gasteiger partial charge in [0.1, 0.15) is 0 Å². The van der Waals surface area contributed by atoms with Crippen LogP contribution in [0, 0.1) is 0 Å². The number of hydrogen-bond acceptors (Lipinski definition) is 4. The zero-order chi connectivity index (χ0) is 11.6. The van der Waals surface area contributed by atoms with E-state index in [0.717, 1.165) is 25.3 Å². The molecule has 2 heterocycles. The quantitative estimate of drug-likeness (QED) is 0.814. The molecule has 2 rings (SSSR count). The number of rotatable bonds is 2. The summed E-state index contributed by atoms with van der Waals surface area (Å²) in [5.74, 6) is 0. The Kier molecular flexibility index (Phi) is 3.12. The molecule has 4 heteroatoms. The van der Waals surface area contributed by atoms with Gasteiger partial charge in [0.25, 0.3) is 0 Å². The standard InChI is InChI=1S/C12H19N3O/c1-12(2)9-16-6-5-15(12)11-3-4-14-8-10(11)7-13/h3-4,8H,5-7,9,13H2,1-2H3. The van der Waals surface area contributed by atoms with Crippen molar-refractivity contribution in [1.29, 1.82) is 0 Å². The van der Waals surface area contributed by atoms with Crippen molar-refractivity contribution >= 4 is 5.69 Å². The first kappa shape index (κ1) is 11.4. The van der Waals surface area contributed by atoms with Gasteiger partial charge < -0.3 is 15.4 Å². The van der Waals surface area contributed by atoms with Crippen molar-refractivity contribution in [3.63, 3.8) is 0 Å². The van der Waals surface area contributed by atoms with Gasteiger partial charge >= 0.3 is 0 Å². The van der Waals surface area contributed by atoms with E-state index >= 15 is 0 Å². The molecule has 0 atom stereocenters.